The molecule has 0 atom stereocenters. The Morgan fingerprint density at radius 3 is 2.62 bits per heavy atom. The zero-order valence-corrected chi connectivity index (χ0v) is 9.24. The van der Waals surface area contributed by atoms with Crippen LogP contribution in [0.2, 0.25) is 0 Å². The number of aromatic nitrogens is 1. The van der Waals surface area contributed by atoms with Crippen LogP contribution in [0.3, 0.4) is 0 Å². The van der Waals surface area contributed by atoms with Crippen LogP contribution in [-0.4, -0.2) is 45.6 Å². The molecular weight excluding hydrogens is 177 g/mol. The number of aromatic amines is 1. The van der Waals surface area contributed by atoms with E-state index in [-0.39, 0.29) is 35.3 Å². The Kier molecular flexibility index (Phi) is 3.14. The molecule has 1 aromatic carbocycles. The van der Waals surface area contributed by atoms with Gasteiger partial charge in [0.05, 0.1) is 0 Å². The summed E-state index contributed by atoms with van der Waals surface area (Å²) in [5.41, 5.74) is 1.09. The molecule has 0 aliphatic heterocycles. The van der Waals surface area contributed by atoms with E-state index in [9.17, 15) is 4.79 Å². The molecule has 4 heteroatoms. The molecule has 1 aromatic heterocycles. The van der Waals surface area contributed by atoms with Crippen molar-refractivity contribution in [2.75, 3.05) is 0 Å². The Morgan fingerprint density at radius 2 is 2.00 bits per heavy atom. The molecule has 0 bridgehead atoms. The average molecular weight is 184 g/mol. The van der Waals surface area contributed by atoms with Crippen LogP contribution in [0.5, 0.6) is 0 Å². The van der Waals surface area contributed by atoms with Crippen LogP contribution in [0.25, 0.3) is 10.9 Å². The van der Waals surface area contributed by atoms with Gasteiger partial charge in [-0.2, -0.15) is 0 Å². The SMILES string of the molecule is O=C(O)c1cc2ccccc2[nH]1.[Na]. The molecule has 2 N–H and O–H groups in total. The molecule has 2 aromatic rings. The predicted molar refractivity (Wildman–Crippen MR) is 51.0 cm³/mol. The number of aromatic carboxylic acids is 1. The summed E-state index contributed by atoms with van der Waals surface area (Å²) in [5.74, 6) is -0.925. The zero-order valence-electron chi connectivity index (χ0n) is 7.24. The first-order chi connectivity index (χ1) is 5.77. The van der Waals surface area contributed by atoms with Crippen molar-refractivity contribution in [3.63, 3.8) is 0 Å². The third-order valence-corrected chi connectivity index (χ3v) is 1.76. The van der Waals surface area contributed by atoms with E-state index in [1.807, 2.05) is 24.3 Å². The van der Waals surface area contributed by atoms with Crippen molar-refractivity contribution in [1.82, 2.24) is 4.98 Å². The number of rotatable bonds is 1. The van der Waals surface area contributed by atoms with Gasteiger partial charge in [-0.25, -0.2) is 4.79 Å². The van der Waals surface area contributed by atoms with Crippen molar-refractivity contribution in [1.29, 1.82) is 0 Å². The quantitative estimate of drug-likeness (QED) is 0.659. The van der Waals surface area contributed by atoms with Crippen molar-refractivity contribution in [3.8, 4) is 0 Å². The Bertz CT molecular complexity index is 403. The Balaban J connectivity index is 0.000000845. The van der Waals surface area contributed by atoms with Crippen LogP contribution < -0.4 is 0 Å². The first-order valence-electron chi connectivity index (χ1n) is 3.58. The number of carboxylic acid groups (broad SMARTS) is 1. The van der Waals surface area contributed by atoms with Gasteiger partial charge in [0.2, 0.25) is 0 Å². The maximum Gasteiger partial charge on any atom is 0.352 e. The fourth-order valence-electron chi connectivity index (χ4n) is 1.19. The fraction of sp³-hybridized carbons (Fsp3) is 0. The van der Waals surface area contributed by atoms with Gasteiger partial charge in [-0.05, 0) is 12.1 Å². The standard InChI is InChI=1S/C9H7NO2.Na/c11-9(12)8-5-6-3-1-2-4-7(6)10-8;/h1-5,10H,(H,11,12);. The van der Waals surface area contributed by atoms with Gasteiger partial charge in [0, 0.05) is 40.5 Å². The molecule has 1 radical (unpaired) electrons. The van der Waals surface area contributed by atoms with E-state index in [4.69, 9.17) is 5.11 Å². The number of carbonyl (C=O) groups is 1. The minimum Gasteiger partial charge on any atom is -0.477 e. The maximum absolute atomic E-state index is 10.5. The van der Waals surface area contributed by atoms with E-state index in [1.54, 1.807) is 6.07 Å². The molecule has 2 rings (SSSR count). The molecule has 0 spiro atoms. The summed E-state index contributed by atoms with van der Waals surface area (Å²) in [5, 5.41) is 9.58. The van der Waals surface area contributed by atoms with Gasteiger partial charge in [0.15, 0.2) is 0 Å². The Morgan fingerprint density at radius 1 is 1.31 bits per heavy atom. The van der Waals surface area contributed by atoms with Gasteiger partial charge in [-0.1, -0.05) is 18.2 Å². The number of para-hydroxylation sites is 1. The first-order valence-corrected chi connectivity index (χ1v) is 3.58. The molecule has 3 nitrogen and oxygen atoms in total. The topological polar surface area (TPSA) is 53.1 Å². The summed E-state index contributed by atoms with van der Waals surface area (Å²) in [7, 11) is 0. The van der Waals surface area contributed by atoms with Gasteiger partial charge in [0.25, 0.3) is 0 Å². The van der Waals surface area contributed by atoms with E-state index in [1.165, 1.54) is 0 Å². The van der Waals surface area contributed by atoms with E-state index in [2.05, 4.69) is 4.98 Å². The van der Waals surface area contributed by atoms with Gasteiger partial charge in [0.1, 0.15) is 5.69 Å². The van der Waals surface area contributed by atoms with Crippen LogP contribution in [0.1, 0.15) is 10.5 Å². The molecular formula is C9H7NNaO2. The maximum atomic E-state index is 10.5. The van der Waals surface area contributed by atoms with Gasteiger partial charge >= 0.3 is 5.97 Å². The van der Waals surface area contributed by atoms with Gasteiger partial charge in [-0.3, -0.25) is 0 Å². The molecule has 61 valence electrons. The Hall–Kier alpha value is -0.770. The van der Waals surface area contributed by atoms with Crippen LogP contribution in [-0.2, 0) is 0 Å². The molecule has 0 saturated heterocycles. The first kappa shape index (κ1) is 10.3. The number of carboxylic acids is 1. The van der Waals surface area contributed by atoms with Gasteiger partial charge < -0.3 is 10.1 Å². The number of fused-ring (bicyclic) bond motifs is 1. The summed E-state index contributed by atoms with van der Waals surface area (Å²) in [6.45, 7) is 0. The molecule has 0 saturated carbocycles. The van der Waals surface area contributed by atoms with Crippen molar-refractivity contribution in [2.45, 2.75) is 0 Å². The van der Waals surface area contributed by atoms with Crippen LogP contribution >= 0.6 is 0 Å². The normalized spacial score (nSPS) is 9.54. The number of hydrogen-bond acceptors (Lipinski definition) is 1. The molecule has 0 unspecified atom stereocenters. The number of nitrogens with one attached hydrogen (secondary N) is 1. The second kappa shape index (κ2) is 3.96. The minimum atomic E-state index is -0.925. The average Bonchev–Trinajstić information content (AvgIpc) is 2.46. The molecule has 0 fully saturated rings. The number of H-pyrrole nitrogens is 1. The van der Waals surface area contributed by atoms with Gasteiger partial charge in [-0.15, -0.1) is 0 Å². The third-order valence-electron chi connectivity index (χ3n) is 1.76. The van der Waals surface area contributed by atoms with Crippen LogP contribution in [0.15, 0.2) is 30.3 Å². The summed E-state index contributed by atoms with van der Waals surface area (Å²) in [4.78, 5) is 13.3. The second-order valence-corrected chi connectivity index (χ2v) is 2.58. The van der Waals surface area contributed by atoms with E-state index < -0.39 is 5.97 Å². The molecule has 0 aliphatic rings. The zero-order chi connectivity index (χ0) is 8.55. The summed E-state index contributed by atoms with van der Waals surface area (Å²) < 4.78 is 0. The van der Waals surface area contributed by atoms with Crippen molar-refractivity contribution in [2.24, 2.45) is 0 Å². The summed E-state index contributed by atoms with van der Waals surface area (Å²) in [6.07, 6.45) is 0. The second-order valence-electron chi connectivity index (χ2n) is 2.58. The largest absolute Gasteiger partial charge is 0.477 e. The molecule has 1 heterocycles. The summed E-state index contributed by atoms with van der Waals surface area (Å²) >= 11 is 0. The monoisotopic (exact) mass is 184 g/mol. The molecule has 13 heavy (non-hydrogen) atoms. The van der Waals surface area contributed by atoms with E-state index >= 15 is 0 Å². The molecule has 0 amide bonds. The van der Waals surface area contributed by atoms with Crippen molar-refractivity contribution in [3.05, 3.63) is 36.0 Å². The van der Waals surface area contributed by atoms with E-state index in [0.29, 0.717) is 0 Å². The van der Waals surface area contributed by atoms with Crippen molar-refractivity contribution >= 4 is 46.4 Å². The smallest absolute Gasteiger partial charge is 0.352 e. The summed E-state index contributed by atoms with van der Waals surface area (Å²) in [6, 6.07) is 9.09. The predicted octanol–water partition coefficient (Wildman–Crippen LogP) is 1.49. The minimum absolute atomic E-state index is 0. The van der Waals surface area contributed by atoms with E-state index in [0.717, 1.165) is 10.9 Å². The fourth-order valence-corrected chi connectivity index (χ4v) is 1.19. The number of hydrogen-bond donors (Lipinski definition) is 2. The van der Waals surface area contributed by atoms with Crippen LogP contribution in [0, 0.1) is 0 Å². The van der Waals surface area contributed by atoms with Crippen LogP contribution in [0.4, 0.5) is 0 Å². The molecule has 0 aliphatic carbocycles. The Labute approximate surface area is 97.1 Å². The van der Waals surface area contributed by atoms with Crippen molar-refractivity contribution < 1.29 is 9.90 Å². The third kappa shape index (κ3) is 1.94. The number of benzene rings is 1.